The van der Waals surface area contributed by atoms with Gasteiger partial charge >= 0.3 is 5.97 Å². The predicted molar refractivity (Wildman–Crippen MR) is 63.9 cm³/mol. The van der Waals surface area contributed by atoms with Gasteiger partial charge < -0.3 is 14.8 Å². The van der Waals surface area contributed by atoms with Gasteiger partial charge in [0.15, 0.2) is 0 Å². The Hall–Kier alpha value is -1.38. The third kappa shape index (κ3) is 3.09. The van der Waals surface area contributed by atoms with Crippen LogP contribution in [0.15, 0.2) is 17.2 Å². The minimum atomic E-state index is -3.81. The van der Waals surface area contributed by atoms with E-state index in [0.717, 1.165) is 6.07 Å². The Morgan fingerprint density at radius 3 is 2.56 bits per heavy atom. The summed E-state index contributed by atoms with van der Waals surface area (Å²) in [6.45, 7) is 3.24. The van der Waals surface area contributed by atoms with Crippen LogP contribution in [0.25, 0.3) is 0 Å². The molecule has 0 spiro atoms. The summed E-state index contributed by atoms with van der Waals surface area (Å²) in [6.07, 6.45) is 1.26. The molecule has 18 heavy (non-hydrogen) atoms. The Balaban J connectivity index is 3.14. The van der Waals surface area contributed by atoms with Crippen molar-refractivity contribution in [3.8, 4) is 0 Å². The van der Waals surface area contributed by atoms with E-state index in [2.05, 4.69) is 4.72 Å². The lowest BCUT2D eigenvalue weighted by molar-refractivity contribution is 0.0685. The topological polar surface area (TPSA) is 109 Å². The maximum absolute atomic E-state index is 11.9. The number of aliphatic hydroxyl groups excluding tert-OH is 1. The molecule has 8 heteroatoms. The molecule has 102 valence electrons. The maximum atomic E-state index is 11.9. The van der Waals surface area contributed by atoms with Crippen LogP contribution in [0.4, 0.5) is 0 Å². The zero-order valence-electron chi connectivity index (χ0n) is 10.1. The molecule has 1 rings (SSSR count). The summed E-state index contributed by atoms with van der Waals surface area (Å²) in [7, 11) is -3.81. The second-order valence-corrected chi connectivity index (χ2v) is 5.57. The number of sulfonamides is 1. The van der Waals surface area contributed by atoms with E-state index < -0.39 is 22.0 Å². The van der Waals surface area contributed by atoms with Gasteiger partial charge in [0.1, 0.15) is 10.6 Å². The van der Waals surface area contributed by atoms with Crippen LogP contribution in [0.1, 0.15) is 24.3 Å². The van der Waals surface area contributed by atoms with Crippen LogP contribution < -0.4 is 4.72 Å². The van der Waals surface area contributed by atoms with Gasteiger partial charge in [-0.25, -0.2) is 17.9 Å². The molecule has 0 bridgehead atoms. The van der Waals surface area contributed by atoms with E-state index in [9.17, 15) is 13.2 Å². The summed E-state index contributed by atoms with van der Waals surface area (Å²) in [5.74, 6) is -1.19. The SMILES string of the molecule is CCn1cc(S(=O)(=O)N[C@@H](C)CO)cc1C(=O)O. The molecule has 0 saturated heterocycles. The van der Waals surface area contributed by atoms with Gasteiger partial charge in [-0.15, -0.1) is 0 Å². The lowest BCUT2D eigenvalue weighted by Gasteiger charge is -2.09. The first-order valence-corrected chi connectivity index (χ1v) is 6.86. The van der Waals surface area contributed by atoms with Crippen molar-refractivity contribution in [3.05, 3.63) is 18.0 Å². The summed E-state index contributed by atoms with van der Waals surface area (Å²) < 4.78 is 27.3. The number of carboxylic acids is 1. The summed E-state index contributed by atoms with van der Waals surface area (Å²) in [5.41, 5.74) is -0.0884. The quantitative estimate of drug-likeness (QED) is 0.670. The van der Waals surface area contributed by atoms with Crippen LogP contribution >= 0.6 is 0 Å². The predicted octanol–water partition coefficient (Wildman–Crippen LogP) is -0.135. The number of aryl methyl sites for hydroxylation is 1. The number of aromatic carboxylic acids is 1. The van der Waals surface area contributed by atoms with Gasteiger partial charge in [0, 0.05) is 18.8 Å². The van der Waals surface area contributed by atoms with E-state index in [1.54, 1.807) is 6.92 Å². The van der Waals surface area contributed by atoms with Crippen molar-refractivity contribution in [1.29, 1.82) is 0 Å². The molecule has 0 unspecified atom stereocenters. The van der Waals surface area contributed by atoms with Gasteiger partial charge in [0.25, 0.3) is 0 Å². The largest absolute Gasteiger partial charge is 0.477 e. The van der Waals surface area contributed by atoms with Crippen LogP contribution in [-0.4, -0.2) is 41.8 Å². The summed E-state index contributed by atoms with van der Waals surface area (Å²) in [4.78, 5) is 10.8. The van der Waals surface area contributed by atoms with Gasteiger partial charge in [-0.1, -0.05) is 0 Å². The minimum absolute atomic E-state index is 0.0884. The number of hydrogen-bond acceptors (Lipinski definition) is 4. The highest BCUT2D eigenvalue weighted by Crippen LogP contribution is 2.15. The molecule has 0 fully saturated rings. The standard InChI is InChI=1S/C10H16N2O5S/c1-3-12-5-8(4-9(12)10(14)15)18(16,17)11-7(2)6-13/h4-5,7,11,13H,3,6H2,1-2H3,(H,14,15)/t7-/m0/s1. The lowest BCUT2D eigenvalue weighted by Crippen LogP contribution is -2.34. The van der Waals surface area contributed by atoms with E-state index in [1.807, 2.05) is 0 Å². The average molecular weight is 276 g/mol. The molecule has 7 nitrogen and oxygen atoms in total. The third-order valence-electron chi connectivity index (χ3n) is 2.37. The Morgan fingerprint density at radius 2 is 2.17 bits per heavy atom. The monoisotopic (exact) mass is 276 g/mol. The molecule has 1 aromatic rings. The second-order valence-electron chi connectivity index (χ2n) is 3.86. The number of rotatable bonds is 6. The number of nitrogens with one attached hydrogen (secondary N) is 1. The van der Waals surface area contributed by atoms with Gasteiger partial charge in [0.2, 0.25) is 10.0 Å². The first kappa shape index (κ1) is 14.7. The van der Waals surface area contributed by atoms with Crippen molar-refractivity contribution < 1.29 is 23.4 Å². The van der Waals surface area contributed by atoms with Crippen molar-refractivity contribution in [2.24, 2.45) is 0 Å². The summed E-state index contributed by atoms with van der Waals surface area (Å²) in [5, 5.41) is 17.7. The average Bonchev–Trinajstić information content (AvgIpc) is 2.73. The fraction of sp³-hybridized carbons (Fsp3) is 0.500. The van der Waals surface area contributed by atoms with E-state index in [-0.39, 0.29) is 17.2 Å². The van der Waals surface area contributed by atoms with E-state index in [1.165, 1.54) is 17.7 Å². The highest BCUT2D eigenvalue weighted by molar-refractivity contribution is 7.89. The Labute approximate surface area is 105 Å². The number of aromatic nitrogens is 1. The number of carboxylic acid groups (broad SMARTS) is 1. The highest BCUT2D eigenvalue weighted by atomic mass is 32.2. The van der Waals surface area contributed by atoms with Crippen molar-refractivity contribution in [3.63, 3.8) is 0 Å². The van der Waals surface area contributed by atoms with Crippen LogP contribution in [0.3, 0.4) is 0 Å². The molecule has 0 aliphatic carbocycles. The molecule has 1 aromatic heterocycles. The number of nitrogens with zero attached hydrogens (tertiary/aromatic N) is 1. The molecular weight excluding hydrogens is 260 g/mol. The number of hydrogen-bond donors (Lipinski definition) is 3. The van der Waals surface area contributed by atoms with E-state index >= 15 is 0 Å². The summed E-state index contributed by atoms with van der Waals surface area (Å²) in [6, 6.07) is 0.464. The van der Waals surface area contributed by atoms with Gasteiger partial charge in [-0.2, -0.15) is 0 Å². The normalized spacial score (nSPS) is 13.5. The zero-order valence-corrected chi connectivity index (χ0v) is 10.9. The van der Waals surface area contributed by atoms with Crippen molar-refractivity contribution in [1.82, 2.24) is 9.29 Å². The van der Waals surface area contributed by atoms with Gasteiger partial charge in [0.05, 0.1) is 6.61 Å². The van der Waals surface area contributed by atoms with Gasteiger partial charge in [-0.05, 0) is 19.9 Å². The van der Waals surface area contributed by atoms with Crippen LogP contribution in [0.5, 0.6) is 0 Å². The molecule has 0 aromatic carbocycles. The highest BCUT2D eigenvalue weighted by Gasteiger charge is 2.22. The lowest BCUT2D eigenvalue weighted by atomic mass is 10.4. The Bertz CT molecular complexity index is 534. The molecule has 0 amide bonds. The smallest absolute Gasteiger partial charge is 0.352 e. The molecule has 1 atom stereocenters. The molecule has 1 heterocycles. The molecule has 0 aliphatic heterocycles. The fourth-order valence-electron chi connectivity index (χ4n) is 1.44. The van der Waals surface area contributed by atoms with E-state index in [4.69, 9.17) is 10.2 Å². The van der Waals surface area contributed by atoms with Gasteiger partial charge in [-0.3, -0.25) is 0 Å². The van der Waals surface area contributed by atoms with Crippen molar-refractivity contribution in [2.75, 3.05) is 6.61 Å². The minimum Gasteiger partial charge on any atom is -0.477 e. The van der Waals surface area contributed by atoms with Crippen LogP contribution in [0.2, 0.25) is 0 Å². The first-order valence-electron chi connectivity index (χ1n) is 5.38. The van der Waals surface area contributed by atoms with E-state index in [0.29, 0.717) is 6.54 Å². The number of aliphatic hydroxyl groups is 1. The molecule has 0 radical (unpaired) electrons. The molecule has 0 saturated carbocycles. The summed E-state index contributed by atoms with van der Waals surface area (Å²) >= 11 is 0. The maximum Gasteiger partial charge on any atom is 0.352 e. The molecule has 0 aliphatic rings. The molecule has 3 N–H and O–H groups in total. The van der Waals surface area contributed by atoms with Crippen LogP contribution in [0, 0.1) is 0 Å². The third-order valence-corrected chi connectivity index (χ3v) is 3.93. The first-order chi connectivity index (χ1) is 8.31. The van der Waals surface area contributed by atoms with Crippen molar-refractivity contribution >= 4 is 16.0 Å². The Morgan fingerprint density at radius 1 is 1.56 bits per heavy atom. The number of carbonyl (C=O) groups is 1. The molecular formula is C10H16N2O5S. The zero-order chi connectivity index (χ0) is 13.9. The Kier molecular flexibility index (Phi) is 4.49. The second kappa shape index (κ2) is 5.51. The fourth-order valence-corrected chi connectivity index (χ4v) is 2.71. The van der Waals surface area contributed by atoms with Crippen molar-refractivity contribution in [2.45, 2.75) is 31.3 Å². The van der Waals surface area contributed by atoms with Crippen LogP contribution in [-0.2, 0) is 16.6 Å².